The van der Waals surface area contributed by atoms with Crippen molar-refractivity contribution in [2.45, 2.75) is 51.1 Å². The number of halogens is 1. The van der Waals surface area contributed by atoms with Gasteiger partial charge in [-0.25, -0.2) is 4.39 Å². The van der Waals surface area contributed by atoms with Crippen LogP contribution in [-0.2, 0) is 34.1 Å². The first-order valence-electron chi connectivity index (χ1n) is 13.7. The smallest absolute Gasteiger partial charge is 0.290 e. The van der Waals surface area contributed by atoms with Crippen LogP contribution in [0.15, 0.2) is 66.7 Å². The Morgan fingerprint density at radius 3 is 2.33 bits per heavy atom. The third-order valence-electron chi connectivity index (χ3n) is 7.63. The van der Waals surface area contributed by atoms with Crippen molar-refractivity contribution in [1.82, 2.24) is 9.80 Å². The van der Waals surface area contributed by atoms with Crippen molar-refractivity contribution in [2.75, 3.05) is 13.1 Å². The number of fused-ring (bicyclic) bond motifs is 1. The number of benzene rings is 3. The van der Waals surface area contributed by atoms with E-state index in [9.17, 15) is 18.8 Å². The summed E-state index contributed by atoms with van der Waals surface area (Å²) in [6.07, 6.45) is 0.737. The molecular weight excluding hydrogens is 543 g/mol. The molecule has 0 aromatic heterocycles. The Kier molecular flexibility index (Phi) is 8.92. The van der Waals surface area contributed by atoms with Gasteiger partial charge in [-0.2, -0.15) is 0 Å². The van der Waals surface area contributed by atoms with Gasteiger partial charge in [0.15, 0.2) is 5.78 Å². The zero-order valence-corrected chi connectivity index (χ0v) is 22.9. The summed E-state index contributed by atoms with van der Waals surface area (Å²) in [5.41, 5.74) is 3.55. The fourth-order valence-corrected chi connectivity index (χ4v) is 5.49. The normalized spacial score (nSPS) is 18.5. The van der Waals surface area contributed by atoms with Gasteiger partial charge in [0.1, 0.15) is 35.8 Å². The number of ether oxygens (including phenoxy) is 2. The molecule has 0 radical (unpaired) electrons. The average molecular weight is 575 g/mol. The molecule has 2 heterocycles. The summed E-state index contributed by atoms with van der Waals surface area (Å²) in [6, 6.07) is 19.2. The zero-order valence-electron chi connectivity index (χ0n) is 22.9. The number of hydrogen-bond acceptors (Lipinski definition) is 7. The summed E-state index contributed by atoms with van der Waals surface area (Å²) in [5.74, 6) is 0.645. The van der Waals surface area contributed by atoms with Crippen molar-refractivity contribution < 1.29 is 38.1 Å². The van der Waals surface area contributed by atoms with E-state index in [1.54, 1.807) is 29.2 Å². The second-order valence-corrected chi connectivity index (χ2v) is 10.5. The fraction of sp³-hybridized carbons (Fsp3) is 0.312. The van der Waals surface area contributed by atoms with Crippen LogP contribution < -0.4 is 9.47 Å². The lowest BCUT2D eigenvalue weighted by Crippen LogP contribution is -2.53. The monoisotopic (exact) mass is 574 g/mol. The molecule has 42 heavy (non-hydrogen) atoms. The molecule has 1 atom stereocenters. The maximum Gasteiger partial charge on any atom is 0.290 e. The molecule has 3 aromatic rings. The van der Waals surface area contributed by atoms with Gasteiger partial charge in [-0.15, -0.1) is 0 Å². The predicted molar refractivity (Wildman–Crippen MR) is 150 cm³/mol. The van der Waals surface area contributed by atoms with Crippen LogP contribution in [0.2, 0.25) is 0 Å². The molecule has 9 nitrogen and oxygen atoms in total. The van der Waals surface area contributed by atoms with Gasteiger partial charge in [-0.3, -0.25) is 24.1 Å². The fourth-order valence-electron chi connectivity index (χ4n) is 5.49. The molecule has 0 bridgehead atoms. The summed E-state index contributed by atoms with van der Waals surface area (Å²) >= 11 is 0. The molecule has 2 fully saturated rings. The highest BCUT2D eigenvalue weighted by molar-refractivity contribution is 6.07. The number of ketones is 2. The van der Waals surface area contributed by atoms with E-state index < -0.39 is 6.04 Å². The highest BCUT2D eigenvalue weighted by atomic mass is 19.1. The summed E-state index contributed by atoms with van der Waals surface area (Å²) in [7, 11) is 0. The second kappa shape index (κ2) is 12.9. The van der Waals surface area contributed by atoms with Crippen molar-refractivity contribution in [2.24, 2.45) is 0 Å². The number of likely N-dealkylation sites (tertiary alicyclic amines) is 1. The van der Waals surface area contributed by atoms with Crippen LogP contribution in [0.3, 0.4) is 0 Å². The molecule has 10 heteroatoms. The maximum atomic E-state index is 13.0. The summed E-state index contributed by atoms with van der Waals surface area (Å²) in [4.78, 5) is 49.3. The van der Waals surface area contributed by atoms with Crippen LogP contribution in [-0.4, -0.2) is 64.1 Å². The molecule has 1 saturated heterocycles. The number of carbonyl (C=O) groups is 4. The summed E-state index contributed by atoms with van der Waals surface area (Å²) in [6.45, 7) is 2.88. The minimum atomic E-state index is -0.542. The Labute approximate surface area is 242 Å². The van der Waals surface area contributed by atoms with Crippen LogP contribution in [0.1, 0.15) is 46.3 Å². The Bertz CT molecular complexity index is 1450. The molecule has 6 rings (SSSR count). The predicted octanol–water partition coefficient (Wildman–Crippen LogP) is 4.02. The highest BCUT2D eigenvalue weighted by Gasteiger charge is 2.40. The Morgan fingerprint density at radius 1 is 0.952 bits per heavy atom. The van der Waals surface area contributed by atoms with Crippen molar-refractivity contribution in [3.8, 4) is 11.5 Å². The Morgan fingerprint density at radius 2 is 1.64 bits per heavy atom. The first-order chi connectivity index (χ1) is 20.3. The molecule has 0 spiro atoms. The van der Waals surface area contributed by atoms with Gasteiger partial charge in [0.2, 0.25) is 0 Å². The van der Waals surface area contributed by atoms with E-state index in [1.807, 2.05) is 18.2 Å². The van der Waals surface area contributed by atoms with Crippen molar-refractivity contribution in [1.29, 1.82) is 0 Å². The Balaban J connectivity index is 0.00000113. The van der Waals surface area contributed by atoms with Gasteiger partial charge in [0, 0.05) is 37.2 Å². The number of rotatable bonds is 8. The lowest BCUT2D eigenvalue weighted by Gasteiger charge is -2.39. The molecular formula is C32H31FN2O7. The second-order valence-electron chi connectivity index (χ2n) is 10.5. The number of Topliss-reactive ketones (excluding diaryl/α,β-unsaturated/α-hetero) is 2. The molecule has 218 valence electrons. The minimum Gasteiger partial charge on any atom is -0.489 e. The number of carbonyl (C=O) groups excluding carboxylic acids is 3. The molecule has 1 unspecified atom stereocenters. The molecule has 1 aliphatic carbocycles. The highest BCUT2D eigenvalue weighted by Crippen LogP contribution is 2.34. The van der Waals surface area contributed by atoms with Gasteiger partial charge in [-0.05, 0) is 53.9 Å². The lowest BCUT2D eigenvalue weighted by molar-refractivity contribution is -0.133. The van der Waals surface area contributed by atoms with Crippen LogP contribution >= 0.6 is 0 Å². The number of hydrogen-bond donors (Lipinski definition) is 1. The topological polar surface area (TPSA) is 113 Å². The van der Waals surface area contributed by atoms with Crippen LogP contribution in [0, 0.1) is 5.82 Å². The third-order valence-corrected chi connectivity index (χ3v) is 7.63. The van der Waals surface area contributed by atoms with Gasteiger partial charge >= 0.3 is 0 Å². The number of carboxylic acid groups (broad SMARTS) is 1. The van der Waals surface area contributed by atoms with E-state index in [1.165, 1.54) is 17.7 Å². The van der Waals surface area contributed by atoms with Crippen LogP contribution in [0.4, 0.5) is 4.39 Å². The van der Waals surface area contributed by atoms with Gasteiger partial charge in [0.05, 0.1) is 19.0 Å². The molecule has 1 saturated carbocycles. The van der Waals surface area contributed by atoms with Crippen LogP contribution in [0.25, 0.3) is 0 Å². The molecule has 2 aliphatic heterocycles. The maximum absolute atomic E-state index is 13.0. The first kappa shape index (κ1) is 28.9. The number of nitrogens with zero attached hydrogens (tertiary/aromatic N) is 2. The quantitative estimate of drug-likeness (QED) is 0.317. The SMILES string of the molecule is O=C1CCC(N2Cc3c(OCc4ccc(CN5CC(Oc6ccc(F)cc6)C5)cc4)cccc3C2=O)C(=O)C1.O=CO. The molecule has 1 N–H and O–H groups in total. The molecule has 3 aliphatic rings. The van der Waals surface area contributed by atoms with Gasteiger partial charge in [0.25, 0.3) is 12.4 Å². The van der Waals surface area contributed by atoms with Crippen molar-refractivity contribution in [3.05, 3.63) is 94.8 Å². The third kappa shape index (κ3) is 6.66. The van der Waals surface area contributed by atoms with E-state index in [0.29, 0.717) is 43.1 Å². The molecule has 3 aromatic carbocycles. The van der Waals surface area contributed by atoms with E-state index in [4.69, 9.17) is 19.4 Å². The first-order valence-corrected chi connectivity index (χ1v) is 13.7. The zero-order chi connectivity index (χ0) is 29.6. The summed E-state index contributed by atoms with van der Waals surface area (Å²) in [5, 5.41) is 6.89. The number of amides is 1. The lowest BCUT2D eigenvalue weighted by atomic mass is 9.92. The van der Waals surface area contributed by atoms with E-state index >= 15 is 0 Å². The summed E-state index contributed by atoms with van der Waals surface area (Å²) < 4.78 is 25.1. The largest absolute Gasteiger partial charge is 0.489 e. The molecule has 1 amide bonds. The van der Waals surface area contributed by atoms with Crippen LogP contribution in [0.5, 0.6) is 11.5 Å². The standard InChI is InChI=1S/C31H29FN2O5.CH2O2/c32-22-8-11-24(12-9-22)39-25-16-33(17-25)15-20-4-6-21(7-5-20)19-38-30-3-1-2-26-27(30)18-34(31(26)37)28-13-10-23(35)14-29(28)36;2-1-3/h1-9,11-12,25,28H,10,13-19H2;1H,(H,2,3). The van der Waals surface area contributed by atoms with Gasteiger partial charge in [-0.1, -0.05) is 30.3 Å². The average Bonchev–Trinajstić information content (AvgIpc) is 3.29. The van der Waals surface area contributed by atoms with E-state index in [-0.39, 0.29) is 42.3 Å². The van der Waals surface area contributed by atoms with Gasteiger partial charge < -0.3 is 19.5 Å². The van der Waals surface area contributed by atoms with Crippen molar-refractivity contribution >= 4 is 23.9 Å². The minimum absolute atomic E-state index is 0.0552. The van der Waals surface area contributed by atoms with E-state index in [0.717, 1.165) is 30.8 Å². The Hall–Kier alpha value is -4.57. The van der Waals surface area contributed by atoms with E-state index in [2.05, 4.69) is 17.0 Å². The van der Waals surface area contributed by atoms with Crippen molar-refractivity contribution in [3.63, 3.8) is 0 Å².